The van der Waals surface area contributed by atoms with Gasteiger partial charge in [0.2, 0.25) is 5.95 Å². The topological polar surface area (TPSA) is 74.7 Å². The van der Waals surface area contributed by atoms with Crippen molar-refractivity contribution in [2.75, 3.05) is 37.7 Å². The van der Waals surface area contributed by atoms with Crippen molar-refractivity contribution in [2.45, 2.75) is 38.1 Å². The Morgan fingerprint density at radius 1 is 1.21 bits per heavy atom. The molecule has 4 rings (SSSR count). The molecule has 0 saturated carbocycles. The highest BCUT2D eigenvalue weighted by Crippen LogP contribution is 2.33. The van der Waals surface area contributed by atoms with Gasteiger partial charge in [0, 0.05) is 50.5 Å². The number of hydrogen-bond acceptors (Lipinski definition) is 5. The number of ether oxygens (including phenoxy) is 1. The van der Waals surface area contributed by atoms with E-state index in [-0.39, 0.29) is 0 Å². The van der Waals surface area contributed by atoms with Crippen molar-refractivity contribution in [3.05, 3.63) is 48.3 Å². The minimum absolute atomic E-state index is 0.326. The van der Waals surface area contributed by atoms with Crippen LogP contribution in [-0.4, -0.2) is 54.8 Å². The predicted octanol–water partition coefficient (Wildman–Crippen LogP) is 2.57. The van der Waals surface area contributed by atoms with Crippen LogP contribution in [-0.2, 0) is 0 Å². The first-order valence-electron chi connectivity index (χ1n) is 10.6. The lowest BCUT2D eigenvalue weighted by molar-refractivity contribution is 0.269. The van der Waals surface area contributed by atoms with E-state index in [4.69, 9.17) is 9.73 Å². The summed E-state index contributed by atoms with van der Waals surface area (Å²) >= 11 is 0. The molecule has 1 aromatic heterocycles. The molecule has 0 radical (unpaired) electrons. The fourth-order valence-electron chi connectivity index (χ4n) is 4.05. The van der Waals surface area contributed by atoms with Crippen LogP contribution in [0.15, 0.2) is 47.7 Å². The van der Waals surface area contributed by atoms with Gasteiger partial charge in [-0.05, 0) is 43.9 Å². The number of para-hydroxylation sites is 1. The van der Waals surface area contributed by atoms with Crippen LogP contribution in [0.2, 0.25) is 0 Å². The summed E-state index contributed by atoms with van der Waals surface area (Å²) in [5, 5.41) is 7.04. The summed E-state index contributed by atoms with van der Waals surface area (Å²) in [7, 11) is 0. The Hall–Kier alpha value is -2.83. The predicted molar refractivity (Wildman–Crippen MR) is 116 cm³/mol. The van der Waals surface area contributed by atoms with Gasteiger partial charge in [0.15, 0.2) is 5.96 Å². The Morgan fingerprint density at radius 2 is 2.07 bits per heavy atom. The molecule has 0 aliphatic carbocycles. The van der Waals surface area contributed by atoms with E-state index in [1.807, 2.05) is 12.1 Å². The lowest BCUT2D eigenvalue weighted by Crippen LogP contribution is -2.51. The number of aromatic nitrogens is 2. The minimum atomic E-state index is 0.326. The average Bonchev–Trinajstić information content (AvgIpc) is 2.78. The number of piperidine rings is 1. The summed E-state index contributed by atoms with van der Waals surface area (Å²) in [6, 6.07) is 10.5. The van der Waals surface area contributed by atoms with Gasteiger partial charge < -0.3 is 20.3 Å². The second-order valence-corrected chi connectivity index (χ2v) is 7.57. The average molecular weight is 395 g/mol. The SMILES string of the molecule is CCNC(=NCC1CCOc2ccccc21)NC1CCCN(c2ncccn2)C1. The fourth-order valence-corrected chi connectivity index (χ4v) is 4.05. The molecule has 1 fully saturated rings. The number of fused-ring (bicyclic) bond motifs is 1. The van der Waals surface area contributed by atoms with E-state index in [0.29, 0.717) is 12.0 Å². The van der Waals surface area contributed by atoms with Crippen LogP contribution in [0.1, 0.15) is 37.7 Å². The van der Waals surface area contributed by atoms with Crippen LogP contribution >= 0.6 is 0 Å². The first-order chi connectivity index (χ1) is 14.3. The van der Waals surface area contributed by atoms with Crippen LogP contribution in [0.5, 0.6) is 5.75 Å². The van der Waals surface area contributed by atoms with Crippen molar-refractivity contribution < 1.29 is 4.74 Å². The molecular formula is C22H30N6O. The molecule has 7 heteroatoms. The summed E-state index contributed by atoms with van der Waals surface area (Å²) in [5.74, 6) is 3.09. The van der Waals surface area contributed by atoms with Gasteiger partial charge in [-0.25, -0.2) is 9.97 Å². The number of nitrogens with zero attached hydrogens (tertiary/aromatic N) is 4. The number of rotatable bonds is 5. The van der Waals surface area contributed by atoms with E-state index >= 15 is 0 Å². The van der Waals surface area contributed by atoms with Crippen molar-refractivity contribution in [2.24, 2.45) is 4.99 Å². The molecule has 1 saturated heterocycles. The van der Waals surface area contributed by atoms with E-state index in [9.17, 15) is 0 Å². The second kappa shape index (κ2) is 9.58. The molecule has 2 aromatic rings. The third kappa shape index (κ3) is 4.96. The maximum Gasteiger partial charge on any atom is 0.225 e. The Balaban J connectivity index is 1.40. The summed E-state index contributed by atoms with van der Waals surface area (Å²) < 4.78 is 5.79. The van der Waals surface area contributed by atoms with Gasteiger partial charge >= 0.3 is 0 Å². The zero-order valence-electron chi connectivity index (χ0n) is 17.1. The first kappa shape index (κ1) is 19.5. The van der Waals surface area contributed by atoms with E-state index in [0.717, 1.165) is 69.7 Å². The molecular weight excluding hydrogens is 364 g/mol. The standard InChI is InChI=1S/C22H30N6O/c1-2-23-21(26-15-17-10-14-29-20-9-4-3-8-19(17)20)27-18-7-5-13-28(16-18)22-24-11-6-12-25-22/h3-4,6,8-9,11-12,17-18H,2,5,7,10,13-16H2,1H3,(H2,23,26,27). The van der Waals surface area contributed by atoms with Gasteiger partial charge in [-0.15, -0.1) is 0 Å². The number of hydrogen-bond donors (Lipinski definition) is 2. The molecule has 2 atom stereocenters. The molecule has 0 spiro atoms. The number of nitrogens with one attached hydrogen (secondary N) is 2. The van der Waals surface area contributed by atoms with Crippen LogP contribution in [0.25, 0.3) is 0 Å². The van der Waals surface area contributed by atoms with Gasteiger partial charge in [-0.3, -0.25) is 4.99 Å². The van der Waals surface area contributed by atoms with Crippen molar-refractivity contribution in [1.82, 2.24) is 20.6 Å². The largest absolute Gasteiger partial charge is 0.493 e. The van der Waals surface area contributed by atoms with Crippen molar-refractivity contribution >= 4 is 11.9 Å². The highest BCUT2D eigenvalue weighted by molar-refractivity contribution is 5.80. The third-order valence-corrected chi connectivity index (χ3v) is 5.49. The van der Waals surface area contributed by atoms with E-state index < -0.39 is 0 Å². The van der Waals surface area contributed by atoms with Gasteiger partial charge in [0.1, 0.15) is 5.75 Å². The smallest absolute Gasteiger partial charge is 0.225 e. The first-order valence-corrected chi connectivity index (χ1v) is 10.6. The maximum absolute atomic E-state index is 5.79. The molecule has 2 N–H and O–H groups in total. The van der Waals surface area contributed by atoms with Crippen LogP contribution < -0.4 is 20.3 Å². The van der Waals surface area contributed by atoms with E-state index in [1.165, 1.54) is 5.56 Å². The lowest BCUT2D eigenvalue weighted by atomic mass is 9.93. The van der Waals surface area contributed by atoms with Gasteiger partial charge in [-0.2, -0.15) is 0 Å². The van der Waals surface area contributed by atoms with E-state index in [1.54, 1.807) is 12.4 Å². The van der Waals surface area contributed by atoms with Gasteiger partial charge in [0.25, 0.3) is 0 Å². The molecule has 0 amide bonds. The van der Waals surface area contributed by atoms with Crippen LogP contribution in [0, 0.1) is 0 Å². The number of benzene rings is 1. The lowest BCUT2D eigenvalue weighted by Gasteiger charge is -2.34. The van der Waals surface area contributed by atoms with Crippen LogP contribution in [0.3, 0.4) is 0 Å². The number of guanidine groups is 1. The summed E-state index contributed by atoms with van der Waals surface area (Å²) in [5.41, 5.74) is 1.27. The Bertz CT molecular complexity index is 812. The molecule has 2 aliphatic heterocycles. The summed E-state index contributed by atoms with van der Waals surface area (Å²) in [6.45, 7) is 6.34. The normalized spacial score (nSPS) is 21.8. The zero-order valence-corrected chi connectivity index (χ0v) is 17.1. The molecule has 29 heavy (non-hydrogen) atoms. The Labute approximate surface area is 172 Å². The molecule has 2 unspecified atom stereocenters. The maximum atomic E-state index is 5.79. The molecule has 0 bridgehead atoms. The molecule has 2 aliphatic rings. The van der Waals surface area contributed by atoms with Gasteiger partial charge in [-0.1, -0.05) is 18.2 Å². The minimum Gasteiger partial charge on any atom is -0.493 e. The fraction of sp³-hybridized carbons (Fsp3) is 0.500. The van der Waals surface area contributed by atoms with Crippen LogP contribution in [0.4, 0.5) is 5.95 Å². The zero-order chi connectivity index (χ0) is 19.9. The summed E-state index contributed by atoms with van der Waals surface area (Å²) in [6.07, 6.45) is 6.84. The monoisotopic (exact) mass is 394 g/mol. The van der Waals surface area contributed by atoms with Crippen molar-refractivity contribution in [1.29, 1.82) is 0 Å². The highest BCUT2D eigenvalue weighted by Gasteiger charge is 2.23. The molecule has 154 valence electrons. The quantitative estimate of drug-likeness (QED) is 0.600. The highest BCUT2D eigenvalue weighted by atomic mass is 16.5. The Morgan fingerprint density at radius 3 is 2.93 bits per heavy atom. The molecule has 1 aromatic carbocycles. The second-order valence-electron chi connectivity index (χ2n) is 7.57. The van der Waals surface area contributed by atoms with E-state index in [2.05, 4.69) is 50.6 Å². The van der Waals surface area contributed by atoms with Gasteiger partial charge in [0.05, 0.1) is 6.61 Å². The molecule has 3 heterocycles. The van der Waals surface area contributed by atoms with Crippen molar-refractivity contribution in [3.63, 3.8) is 0 Å². The summed E-state index contributed by atoms with van der Waals surface area (Å²) in [4.78, 5) is 16.0. The third-order valence-electron chi connectivity index (χ3n) is 5.49. The van der Waals surface area contributed by atoms with Crippen molar-refractivity contribution in [3.8, 4) is 5.75 Å². The molecule has 7 nitrogen and oxygen atoms in total. The number of anilines is 1. The number of aliphatic imine (C=N–C) groups is 1. The Kier molecular flexibility index (Phi) is 6.44.